The molecule has 1 aromatic heterocycles. The summed E-state index contributed by atoms with van der Waals surface area (Å²) in [5.74, 6) is 0. The minimum atomic E-state index is 0.418. The molecule has 0 bridgehead atoms. The van der Waals surface area contributed by atoms with Crippen molar-refractivity contribution >= 4 is 11.3 Å². The third-order valence-electron chi connectivity index (χ3n) is 3.19. The fourth-order valence-corrected chi connectivity index (χ4v) is 2.85. The molecule has 0 radical (unpaired) electrons. The van der Waals surface area contributed by atoms with Gasteiger partial charge in [0.15, 0.2) is 0 Å². The third kappa shape index (κ3) is 2.96. The Hall–Kier alpha value is -1.12. The van der Waals surface area contributed by atoms with E-state index < -0.39 is 0 Å². The lowest BCUT2D eigenvalue weighted by molar-refractivity contribution is 0.592. The molecule has 0 fully saturated rings. The van der Waals surface area contributed by atoms with E-state index >= 15 is 0 Å². The first-order chi connectivity index (χ1) is 8.20. The van der Waals surface area contributed by atoms with Gasteiger partial charge in [-0.25, -0.2) is 0 Å². The molecule has 0 saturated heterocycles. The van der Waals surface area contributed by atoms with Crippen molar-refractivity contribution in [3.63, 3.8) is 0 Å². The Labute approximate surface area is 108 Å². The number of likely N-dealkylation sites (N-methyl/N-ethyl adjacent to an activating group) is 1. The van der Waals surface area contributed by atoms with E-state index in [4.69, 9.17) is 0 Å². The van der Waals surface area contributed by atoms with Crippen molar-refractivity contribution in [1.82, 2.24) is 5.32 Å². The summed E-state index contributed by atoms with van der Waals surface area (Å²) in [7, 11) is 2.04. The van der Waals surface area contributed by atoms with Crippen LogP contribution in [0, 0.1) is 13.8 Å². The van der Waals surface area contributed by atoms with Crippen molar-refractivity contribution in [2.75, 3.05) is 7.05 Å². The first-order valence-corrected chi connectivity index (χ1v) is 6.85. The normalized spacial score (nSPS) is 12.6. The largest absolute Gasteiger partial charge is 0.313 e. The smallest absolute Gasteiger partial charge is 0.0366 e. The summed E-state index contributed by atoms with van der Waals surface area (Å²) in [6.45, 7) is 4.34. The molecule has 0 amide bonds. The quantitative estimate of drug-likeness (QED) is 0.862. The molecule has 2 aromatic rings. The molecule has 1 aromatic carbocycles. The van der Waals surface area contributed by atoms with Gasteiger partial charge < -0.3 is 5.32 Å². The zero-order valence-electron chi connectivity index (χ0n) is 10.7. The Kier molecular flexibility index (Phi) is 3.97. The van der Waals surface area contributed by atoms with Crippen LogP contribution in [0.15, 0.2) is 35.7 Å². The topological polar surface area (TPSA) is 12.0 Å². The van der Waals surface area contributed by atoms with Crippen LogP contribution in [-0.4, -0.2) is 7.05 Å². The maximum absolute atomic E-state index is 3.41. The van der Waals surface area contributed by atoms with E-state index in [-0.39, 0.29) is 0 Å². The fraction of sp³-hybridized carbons (Fsp3) is 0.333. The molecule has 1 nitrogen and oxygen atoms in total. The van der Waals surface area contributed by atoms with Crippen LogP contribution in [0.5, 0.6) is 0 Å². The molecular weight excluding hydrogens is 226 g/mol. The van der Waals surface area contributed by atoms with Crippen molar-refractivity contribution in [3.8, 4) is 0 Å². The van der Waals surface area contributed by atoms with Crippen LogP contribution < -0.4 is 5.32 Å². The molecule has 0 spiro atoms. The summed E-state index contributed by atoms with van der Waals surface area (Å²) >= 11 is 1.82. The first-order valence-electron chi connectivity index (χ1n) is 5.97. The van der Waals surface area contributed by atoms with Crippen molar-refractivity contribution in [2.45, 2.75) is 26.3 Å². The number of rotatable bonds is 4. The number of hydrogen-bond donors (Lipinski definition) is 1. The third-order valence-corrected chi connectivity index (χ3v) is 4.07. The molecule has 2 heteroatoms. The van der Waals surface area contributed by atoms with Crippen molar-refractivity contribution in [1.29, 1.82) is 0 Å². The molecule has 1 unspecified atom stereocenters. The lowest BCUT2D eigenvalue weighted by atomic mass is 9.98. The monoisotopic (exact) mass is 245 g/mol. The molecule has 1 heterocycles. The van der Waals surface area contributed by atoms with Gasteiger partial charge in [-0.2, -0.15) is 0 Å². The van der Waals surface area contributed by atoms with Gasteiger partial charge in [-0.15, -0.1) is 11.3 Å². The molecule has 1 N–H and O–H groups in total. The van der Waals surface area contributed by atoms with Crippen LogP contribution in [0.3, 0.4) is 0 Å². The number of nitrogens with one attached hydrogen (secondary N) is 1. The highest BCUT2D eigenvalue weighted by atomic mass is 32.1. The molecule has 17 heavy (non-hydrogen) atoms. The molecular formula is C15H19NS. The standard InChI is InChI=1S/C15H19NS/c1-11-6-4-5-7-13(11)9-15(16-3)14-8-12(2)17-10-14/h4-8,10,15-16H,9H2,1-3H3. The fourth-order valence-electron chi connectivity index (χ4n) is 2.09. The van der Waals surface area contributed by atoms with E-state index in [0.717, 1.165) is 6.42 Å². The van der Waals surface area contributed by atoms with Crippen molar-refractivity contribution in [2.24, 2.45) is 0 Å². The van der Waals surface area contributed by atoms with E-state index in [2.05, 4.69) is 54.9 Å². The predicted octanol–water partition coefficient (Wildman–Crippen LogP) is 3.87. The number of benzene rings is 1. The highest BCUT2D eigenvalue weighted by molar-refractivity contribution is 7.10. The van der Waals surface area contributed by atoms with Gasteiger partial charge in [0.1, 0.15) is 0 Å². The highest BCUT2D eigenvalue weighted by Crippen LogP contribution is 2.24. The Balaban J connectivity index is 2.18. The molecule has 0 aliphatic heterocycles. The zero-order chi connectivity index (χ0) is 12.3. The summed E-state index contributed by atoms with van der Waals surface area (Å²) in [6.07, 6.45) is 1.05. The second-order valence-corrected chi connectivity index (χ2v) is 5.58. The molecule has 2 rings (SSSR count). The summed E-state index contributed by atoms with van der Waals surface area (Å²) in [5, 5.41) is 5.67. The van der Waals surface area contributed by atoms with E-state index in [1.165, 1.54) is 21.6 Å². The number of aryl methyl sites for hydroxylation is 2. The van der Waals surface area contributed by atoms with E-state index in [0.29, 0.717) is 6.04 Å². The van der Waals surface area contributed by atoms with Gasteiger partial charge in [-0.3, -0.25) is 0 Å². The predicted molar refractivity (Wildman–Crippen MR) is 75.7 cm³/mol. The Morgan fingerprint density at radius 1 is 1.24 bits per heavy atom. The highest BCUT2D eigenvalue weighted by Gasteiger charge is 2.12. The summed E-state index contributed by atoms with van der Waals surface area (Å²) < 4.78 is 0. The maximum Gasteiger partial charge on any atom is 0.0366 e. The average molecular weight is 245 g/mol. The summed E-state index contributed by atoms with van der Waals surface area (Å²) in [5.41, 5.74) is 4.20. The van der Waals surface area contributed by atoms with Crippen LogP contribution in [0.25, 0.3) is 0 Å². The molecule has 0 aliphatic carbocycles. The minimum Gasteiger partial charge on any atom is -0.313 e. The Morgan fingerprint density at radius 2 is 2.00 bits per heavy atom. The van der Waals surface area contributed by atoms with Crippen molar-refractivity contribution in [3.05, 3.63) is 57.3 Å². The SMILES string of the molecule is CNC(Cc1ccccc1C)c1csc(C)c1. The van der Waals surface area contributed by atoms with Gasteiger partial charge in [-0.1, -0.05) is 24.3 Å². The Bertz CT molecular complexity index is 487. The number of hydrogen-bond acceptors (Lipinski definition) is 2. The van der Waals surface area contributed by atoms with Crippen LogP contribution in [0.1, 0.15) is 27.6 Å². The van der Waals surface area contributed by atoms with E-state index in [1.807, 2.05) is 18.4 Å². The number of thiophene rings is 1. The Morgan fingerprint density at radius 3 is 2.59 bits per heavy atom. The lowest BCUT2D eigenvalue weighted by Crippen LogP contribution is -2.18. The maximum atomic E-state index is 3.41. The molecule has 0 aliphatic rings. The molecule has 1 atom stereocenters. The van der Waals surface area contributed by atoms with Crippen LogP contribution in [0.2, 0.25) is 0 Å². The van der Waals surface area contributed by atoms with Crippen LogP contribution >= 0.6 is 11.3 Å². The van der Waals surface area contributed by atoms with Gasteiger partial charge in [0.2, 0.25) is 0 Å². The lowest BCUT2D eigenvalue weighted by Gasteiger charge is -2.16. The van der Waals surface area contributed by atoms with Gasteiger partial charge in [0.05, 0.1) is 0 Å². The van der Waals surface area contributed by atoms with Gasteiger partial charge >= 0.3 is 0 Å². The van der Waals surface area contributed by atoms with E-state index in [9.17, 15) is 0 Å². The van der Waals surface area contributed by atoms with Crippen LogP contribution in [-0.2, 0) is 6.42 Å². The van der Waals surface area contributed by atoms with Gasteiger partial charge in [0, 0.05) is 10.9 Å². The molecule has 0 saturated carbocycles. The second-order valence-electron chi connectivity index (χ2n) is 4.46. The van der Waals surface area contributed by atoms with Crippen molar-refractivity contribution < 1.29 is 0 Å². The van der Waals surface area contributed by atoms with Gasteiger partial charge in [-0.05, 0) is 55.5 Å². The zero-order valence-corrected chi connectivity index (χ0v) is 11.5. The average Bonchev–Trinajstić information content (AvgIpc) is 2.75. The minimum absolute atomic E-state index is 0.418. The summed E-state index contributed by atoms with van der Waals surface area (Å²) in [4.78, 5) is 1.38. The first kappa shape index (κ1) is 12.3. The van der Waals surface area contributed by atoms with Crippen LogP contribution in [0.4, 0.5) is 0 Å². The summed E-state index contributed by atoms with van der Waals surface area (Å²) in [6, 6.07) is 11.3. The van der Waals surface area contributed by atoms with E-state index in [1.54, 1.807) is 0 Å². The van der Waals surface area contributed by atoms with Gasteiger partial charge in [0.25, 0.3) is 0 Å². The second kappa shape index (κ2) is 5.48. The molecule has 90 valence electrons.